The standard InChI is InChI=1S/C23H33F3N2O/c1-27(22(29)20-9-3-2-4-10-20)16-19-8-6-13-28(17-19)14-12-18-7-5-11-21(15-18)23(24,25)26/h5,7,11,15,19-20H,2-4,6,8-10,12-14,16-17H2,1H3/t19-/m0/s1. The molecule has 29 heavy (non-hydrogen) atoms. The van der Waals surface area contributed by atoms with Crippen LogP contribution in [0.25, 0.3) is 0 Å². The smallest absolute Gasteiger partial charge is 0.345 e. The Balaban J connectivity index is 1.47. The Kier molecular flexibility index (Phi) is 7.60. The molecule has 3 rings (SSSR count). The highest BCUT2D eigenvalue weighted by atomic mass is 19.4. The number of amides is 1. The van der Waals surface area contributed by atoms with Crippen LogP contribution in [0.5, 0.6) is 0 Å². The number of halogens is 3. The molecule has 1 amide bonds. The van der Waals surface area contributed by atoms with Crippen molar-refractivity contribution in [3.8, 4) is 0 Å². The van der Waals surface area contributed by atoms with Gasteiger partial charge in [0, 0.05) is 32.6 Å². The Morgan fingerprint density at radius 3 is 2.62 bits per heavy atom. The second-order valence-electron chi connectivity index (χ2n) is 8.81. The lowest BCUT2D eigenvalue weighted by molar-refractivity contribution is -0.138. The van der Waals surface area contributed by atoms with Gasteiger partial charge in [-0.1, -0.05) is 37.5 Å². The van der Waals surface area contributed by atoms with Gasteiger partial charge in [0.2, 0.25) is 5.91 Å². The van der Waals surface area contributed by atoms with Gasteiger partial charge in [-0.25, -0.2) is 0 Å². The lowest BCUT2D eigenvalue weighted by Crippen LogP contribution is -2.43. The first-order valence-electron chi connectivity index (χ1n) is 11.0. The van der Waals surface area contributed by atoms with Crippen molar-refractivity contribution in [1.82, 2.24) is 9.80 Å². The molecular formula is C23H33F3N2O. The van der Waals surface area contributed by atoms with Gasteiger partial charge in [0.15, 0.2) is 0 Å². The molecule has 0 bridgehead atoms. The number of benzene rings is 1. The Morgan fingerprint density at radius 2 is 1.90 bits per heavy atom. The minimum Gasteiger partial charge on any atom is -0.345 e. The number of hydrogen-bond acceptors (Lipinski definition) is 2. The van der Waals surface area contributed by atoms with Crippen LogP contribution in [0.4, 0.5) is 13.2 Å². The molecular weight excluding hydrogens is 377 g/mol. The molecule has 2 fully saturated rings. The summed E-state index contributed by atoms with van der Waals surface area (Å²) in [7, 11) is 1.93. The fourth-order valence-corrected chi connectivity index (χ4v) is 4.83. The van der Waals surface area contributed by atoms with Crippen LogP contribution in [0.2, 0.25) is 0 Å². The first-order valence-corrected chi connectivity index (χ1v) is 11.0. The molecule has 0 radical (unpaired) electrons. The van der Waals surface area contributed by atoms with Crippen LogP contribution in [-0.2, 0) is 17.4 Å². The van der Waals surface area contributed by atoms with E-state index in [1.54, 1.807) is 6.07 Å². The largest absolute Gasteiger partial charge is 0.416 e. The average molecular weight is 411 g/mol. The Morgan fingerprint density at radius 1 is 1.14 bits per heavy atom. The number of piperidine rings is 1. The zero-order valence-electron chi connectivity index (χ0n) is 17.4. The number of hydrogen-bond donors (Lipinski definition) is 0. The summed E-state index contributed by atoms with van der Waals surface area (Å²) in [5, 5.41) is 0. The molecule has 1 aromatic carbocycles. The molecule has 0 N–H and O–H groups in total. The molecule has 1 atom stereocenters. The van der Waals surface area contributed by atoms with E-state index in [4.69, 9.17) is 0 Å². The molecule has 1 aliphatic heterocycles. The van der Waals surface area contributed by atoms with E-state index < -0.39 is 11.7 Å². The Bertz CT molecular complexity index is 670. The maximum Gasteiger partial charge on any atom is 0.416 e. The molecule has 3 nitrogen and oxygen atoms in total. The van der Waals surface area contributed by atoms with Crippen molar-refractivity contribution in [2.24, 2.45) is 11.8 Å². The summed E-state index contributed by atoms with van der Waals surface area (Å²) in [5.74, 6) is 0.947. The molecule has 0 aromatic heterocycles. The van der Waals surface area contributed by atoms with Gasteiger partial charge >= 0.3 is 6.18 Å². The van der Waals surface area contributed by atoms with Crippen LogP contribution in [0.3, 0.4) is 0 Å². The van der Waals surface area contributed by atoms with Gasteiger partial charge in [-0.05, 0) is 56.2 Å². The van der Waals surface area contributed by atoms with Crippen molar-refractivity contribution >= 4 is 5.91 Å². The number of likely N-dealkylation sites (tertiary alicyclic amines) is 1. The normalized spacial score (nSPS) is 21.9. The molecule has 2 aliphatic rings. The maximum absolute atomic E-state index is 12.9. The van der Waals surface area contributed by atoms with E-state index in [9.17, 15) is 18.0 Å². The summed E-state index contributed by atoms with van der Waals surface area (Å²) in [5.41, 5.74) is 0.154. The van der Waals surface area contributed by atoms with E-state index in [1.165, 1.54) is 18.6 Å². The van der Waals surface area contributed by atoms with Crippen LogP contribution in [-0.4, -0.2) is 48.9 Å². The molecule has 1 aliphatic carbocycles. The SMILES string of the molecule is CN(C[C@@H]1CCCN(CCc2cccc(C(F)(F)F)c2)C1)C(=O)C1CCCCC1. The van der Waals surface area contributed by atoms with Gasteiger partial charge in [-0.2, -0.15) is 13.2 Å². The van der Waals surface area contributed by atoms with Crippen molar-refractivity contribution in [3.63, 3.8) is 0 Å². The third-order valence-corrected chi connectivity index (χ3v) is 6.44. The number of alkyl halides is 3. The van der Waals surface area contributed by atoms with Gasteiger partial charge < -0.3 is 9.80 Å². The van der Waals surface area contributed by atoms with E-state index in [0.29, 0.717) is 18.2 Å². The molecule has 6 heteroatoms. The summed E-state index contributed by atoms with van der Waals surface area (Å²) >= 11 is 0. The third-order valence-electron chi connectivity index (χ3n) is 6.44. The zero-order chi connectivity index (χ0) is 20.9. The second kappa shape index (κ2) is 9.96. The zero-order valence-corrected chi connectivity index (χ0v) is 17.4. The molecule has 1 saturated carbocycles. The number of carbonyl (C=O) groups is 1. The van der Waals surface area contributed by atoms with Crippen LogP contribution in [0, 0.1) is 11.8 Å². The van der Waals surface area contributed by atoms with Crippen LogP contribution >= 0.6 is 0 Å². The molecule has 1 heterocycles. The van der Waals surface area contributed by atoms with Crippen LogP contribution < -0.4 is 0 Å². The lowest BCUT2D eigenvalue weighted by atomic mass is 9.88. The predicted molar refractivity (Wildman–Crippen MR) is 109 cm³/mol. The van der Waals surface area contributed by atoms with E-state index in [-0.39, 0.29) is 5.92 Å². The number of carbonyl (C=O) groups excluding carboxylic acids is 1. The highest BCUT2D eigenvalue weighted by molar-refractivity contribution is 5.78. The summed E-state index contributed by atoms with van der Waals surface area (Å²) < 4.78 is 38.7. The van der Waals surface area contributed by atoms with Crippen molar-refractivity contribution < 1.29 is 18.0 Å². The molecule has 0 spiro atoms. The molecule has 0 unspecified atom stereocenters. The molecule has 162 valence electrons. The molecule has 1 aromatic rings. The fraction of sp³-hybridized carbons (Fsp3) is 0.696. The summed E-state index contributed by atoms with van der Waals surface area (Å²) in [4.78, 5) is 17.0. The van der Waals surface area contributed by atoms with Crippen molar-refractivity contribution in [2.75, 3.05) is 33.2 Å². The second-order valence-corrected chi connectivity index (χ2v) is 8.81. The lowest BCUT2D eigenvalue weighted by Gasteiger charge is -2.36. The third kappa shape index (κ3) is 6.46. The number of nitrogens with zero attached hydrogens (tertiary/aromatic N) is 2. The highest BCUT2D eigenvalue weighted by Gasteiger charge is 2.30. The van der Waals surface area contributed by atoms with Gasteiger partial charge in [0.05, 0.1) is 5.56 Å². The average Bonchev–Trinajstić information content (AvgIpc) is 2.72. The summed E-state index contributed by atoms with van der Waals surface area (Å²) in [6.07, 6.45) is 4.15. The maximum atomic E-state index is 12.9. The first kappa shape index (κ1) is 22.1. The van der Waals surface area contributed by atoms with Crippen LogP contribution in [0.1, 0.15) is 56.1 Å². The van der Waals surface area contributed by atoms with E-state index in [0.717, 1.165) is 76.3 Å². The molecule has 1 saturated heterocycles. The van der Waals surface area contributed by atoms with Gasteiger partial charge in [0.25, 0.3) is 0 Å². The van der Waals surface area contributed by atoms with Crippen LogP contribution in [0.15, 0.2) is 24.3 Å². The van der Waals surface area contributed by atoms with E-state index in [2.05, 4.69) is 4.90 Å². The van der Waals surface area contributed by atoms with Gasteiger partial charge in [-0.3, -0.25) is 4.79 Å². The van der Waals surface area contributed by atoms with E-state index >= 15 is 0 Å². The van der Waals surface area contributed by atoms with Gasteiger partial charge in [-0.15, -0.1) is 0 Å². The predicted octanol–water partition coefficient (Wildman–Crippen LogP) is 5.00. The monoisotopic (exact) mass is 410 g/mol. The van der Waals surface area contributed by atoms with Crippen molar-refractivity contribution in [2.45, 2.75) is 57.5 Å². The Hall–Kier alpha value is -1.56. The van der Waals surface area contributed by atoms with Gasteiger partial charge in [0.1, 0.15) is 0 Å². The quantitative estimate of drug-likeness (QED) is 0.659. The van der Waals surface area contributed by atoms with Crippen molar-refractivity contribution in [1.29, 1.82) is 0 Å². The highest BCUT2D eigenvalue weighted by Crippen LogP contribution is 2.30. The Labute approximate surface area is 172 Å². The fourth-order valence-electron chi connectivity index (χ4n) is 4.83. The van der Waals surface area contributed by atoms with E-state index in [1.807, 2.05) is 11.9 Å². The summed E-state index contributed by atoms with van der Waals surface area (Å²) in [6.45, 7) is 3.45. The first-order chi connectivity index (χ1) is 13.8. The van der Waals surface area contributed by atoms with Crippen molar-refractivity contribution in [3.05, 3.63) is 35.4 Å². The minimum absolute atomic E-state index is 0.203. The summed E-state index contributed by atoms with van der Waals surface area (Å²) in [6, 6.07) is 5.65. The number of rotatable bonds is 6. The minimum atomic E-state index is -4.29. The topological polar surface area (TPSA) is 23.6 Å².